The first-order valence-corrected chi connectivity index (χ1v) is 23.5. The van der Waals surface area contributed by atoms with Gasteiger partial charge in [0.05, 0.1) is 40.3 Å². The number of ether oxygens (including phenoxy) is 3. The number of aliphatic carboxylic acids is 1. The zero-order valence-corrected chi connectivity index (χ0v) is 38.4. The van der Waals surface area contributed by atoms with E-state index in [-0.39, 0.29) is 49.1 Å². The molecule has 0 radical (unpaired) electrons. The van der Waals surface area contributed by atoms with Crippen molar-refractivity contribution in [3.8, 4) is 0 Å². The molecule has 0 spiro atoms. The fraction of sp³-hybridized carbons (Fsp3) is 0.706. The Morgan fingerprint density at radius 3 is 1.41 bits per heavy atom. The lowest BCUT2D eigenvalue weighted by atomic mass is 10.0. The number of hydrogen-bond donors (Lipinski definition) is 0. The fourth-order valence-corrected chi connectivity index (χ4v) is 6.49. The number of unbranched alkanes of at least 4 members (excludes halogenated alkanes) is 15. The van der Waals surface area contributed by atoms with E-state index in [4.69, 9.17) is 14.2 Å². The van der Waals surface area contributed by atoms with E-state index in [0.29, 0.717) is 12.8 Å². The molecule has 0 bridgehead atoms. The van der Waals surface area contributed by atoms with Crippen molar-refractivity contribution < 1.29 is 38.2 Å². The highest BCUT2D eigenvalue weighted by Crippen LogP contribution is 2.14. The predicted octanol–water partition coefficient (Wildman–Crippen LogP) is 11.8. The summed E-state index contributed by atoms with van der Waals surface area (Å²) in [7, 11) is 5.39. The molecule has 2 unspecified atom stereocenters. The Bertz CT molecular complexity index is 1190. The van der Waals surface area contributed by atoms with Gasteiger partial charge in [0.25, 0.3) is 0 Å². The van der Waals surface area contributed by atoms with Crippen molar-refractivity contribution in [2.45, 2.75) is 193 Å². The maximum absolute atomic E-state index is 12.7. The van der Waals surface area contributed by atoms with Crippen molar-refractivity contribution in [1.82, 2.24) is 0 Å². The Hall–Kier alpha value is -3.23. The van der Waals surface area contributed by atoms with Crippen LogP contribution in [-0.2, 0) is 28.6 Å². The van der Waals surface area contributed by atoms with E-state index in [1.54, 1.807) is 21.1 Å². The molecule has 0 N–H and O–H groups in total. The summed E-state index contributed by atoms with van der Waals surface area (Å²) >= 11 is 0. The zero-order valence-electron chi connectivity index (χ0n) is 38.4. The van der Waals surface area contributed by atoms with Gasteiger partial charge in [0.15, 0.2) is 6.10 Å². The van der Waals surface area contributed by atoms with Crippen molar-refractivity contribution in [3.05, 3.63) is 72.9 Å². The van der Waals surface area contributed by atoms with Crippen LogP contribution in [0.1, 0.15) is 181 Å². The average Bonchev–Trinajstić information content (AvgIpc) is 3.19. The molecule has 8 nitrogen and oxygen atoms in total. The first kappa shape index (κ1) is 55.8. The molecule has 0 aliphatic carbocycles. The van der Waals surface area contributed by atoms with E-state index in [0.717, 1.165) is 77.0 Å². The molecule has 0 aromatic heterocycles. The topological polar surface area (TPSA) is 102 Å². The summed E-state index contributed by atoms with van der Waals surface area (Å²) < 4.78 is 17.2. The Morgan fingerprint density at radius 1 is 0.525 bits per heavy atom. The molecule has 0 rings (SSSR count). The number of carboxylic acid groups (broad SMARTS) is 1. The van der Waals surface area contributed by atoms with Crippen molar-refractivity contribution in [1.29, 1.82) is 0 Å². The van der Waals surface area contributed by atoms with E-state index in [1.165, 1.54) is 64.2 Å². The number of nitrogens with zero attached hydrogens (tertiary/aromatic N) is 1. The third-order valence-corrected chi connectivity index (χ3v) is 10.1. The van der Waals surface area contributed by atoms with E-state index in [9.17, 15) is 19.5 Å². The predicted molar refractivity (Wildman–Crippen MR) is 245 cm³/mol. The van der Waals surface area contributed by atoms with Crippen LogP contribution in [0.5, 0.6) is 0 Å². The molecular weight excluding hydrogens is 739 g/mol. The molecule has 338 valence electrons. The van der Waals surface area contributed by atoms with Gasteiger partial charge in [-0.1, -0.05) is 170 Å². The standard InChI is InChI=1S/C51H87NO7/c1-6-8-10-12-14-16-18-20-21-22-23-24-25-26-27-28-30-32-34-36-38-40-42-50(54)59-47(45-57-44-43-48(51(55)56)52(3,4)5)46-58-49(53)41-39-37-35-33-31-29-19-17-15-13-11-9-7-2/h8,10,14,16,20-21,23-24,26-27,30,32,47-48H,6-7,9,11-13,15,17-19,22,25,28-29,31,33-46H2,1-5H3/b10-8+,16-14+,21-20+,24-23+,27-26+,32-30+. The van der Waals surface area contributed by atoms with Crippen LogP contribution in [-0.4, -0.2) is 75.5 Å². The molecule has 59 heavy (non-hydrogen) atoms. The van der Waals surface area contributed by atoms with Crippen LogP contribution in [0.25, 0.3) is 0 Å². The molecule has 0 aliphatic rings. The molecule has 0 saturated carbocycles. The van der Waals surface area contributed by atoms with Gasteiger partial charge in [0.2, 0.25) is 0 Å². The largest absolute Gasteiger partial charge is 0.544 e. The van der Waals surface area contributed by atoms with Gasteiger partial charge in [-0.05, 0) is 64.2 Å². The van der Waals surface area contributed by atoms with Gasteiger partial charge in [-0.2, -0.15) is 0 Å². The summed E-state index contributed by atoms with van der Waals surface area (Å²) in [5, 5.41) is 11.6. The first-order valence-electron chi connectivity index (χ1n) is 23.5. The quantitative estimate of drug-likeness (QED) is 0.0262. The number of likely N-dealkylation sites (N-methyl/N-ethyl adjacent to an activating group) is 1. The summed E-state index contributed by atoms with van der Waals surface area (Å²) in [6, 6.07) is -0.734. The van der Waals surface area contributed by atoms with Crippen molar-refractivity contribution in [2.75, 3.05) is 41.0 Å². The second kappa shape index (κ2) is 41.5. The number of carbonyl (C=O) groups is 3. The molecular formula is C51H87NO7. The number of carbonyl (C=O) groups excluding carboxylic acids is 3. The highest BCUT2D eigenvalue weighted by atomic mass is 16.6. The number of esters is 2. The SMILES string of the molecule is CC/C=C/C/C=C/C/C=C/C/C=C/C/C=C/C/C=C/CCCCCC(=O)OC(COCCC(C(=O)[O-])[N+](C)(C)C)COC(=O)CCCCCCCCCCCCCCC. The number of quaternary nitrogens is 1. The van der Waals surface area contributed by atoms with Crippen molar-refractivity contribution >= 4 is 17.9 Å². The summed E-state index contributed by atoms with van der Waals surface area (Å²) in [6.07, 6.45) is 52.1. The van der Waals surface area contributed by atoms with Gasteiger partial charge in [-0.25, -0.2) is 0 Å². The molecule has 0 aliphatic heterocycles. The second-order valence-electron chi connectivity index (χ2n) is 16.6. The fourth-order valence-electron chi connectivity index (χ4n) is 6.49. The van der Waals surface area contributed by atoms with Crippen LogP contribution in [0.15, 0.2) is 72.9 Å². The lowest BCUT2D eigenvalue weighted by Crippen LogP contribution is -2.55. The van der Waals surface area contributed by atoms with Gasteiger partial charge in [0, 0.05) is 19.3 Å². The molecule has 0 amide bonds. The van der Waals surface area contributed by atoms with Gasteiger partial charge < -0.3 is 28.6 Å². The molecule has 0 heterocycles. The summed E-state index contributed by atoms with van der Waals surface area (Å²) in [6.45, 7) is 4.51. The molecule has 0 saturated heterocycles. The van der Waals surface area contributed by atoms with Gasteiger partial charge >= 0.3 is 11.9 Å². The highest BCUT2D eigenvalue weighted by Gasteiger charge is 2.25. The molecule has 0 aromatic rings. The Kier molecular flexibility index (Phi) is 39.2. The van der Waals surface area contributed by atoms with E-state index < -0.39 is 18.1 Å². The number of hydrogen-bond acceptors (Lipinski definition) is 7. The molecule has 8 heteroatoms. The van der Waals surface area contributed by atoms with Gasteiger partial charge in [0.1, 0.15) is 12.6 Å². The summed E-state index contributed by atoms with van der Waals surface area (Å²) in [5.74, 6) is -1.78. The van der Waals surface area contributed by atoms with Gasteiger partial charge in [-0.3, -0.25) is 9.59 Å². The van der Waals surface area contributed by atoms with Crippen LogP contribution >= 0.6 is 0 Å². The van der Waals surface area contributed by atoms with E-state index in [1.807, 2.05) is 0 Å². The number of carboxylic acids is 1. The highest BCUT2D eigenvalue weighted by molar-refractivity contribution is 5.70. The first-order chi connectivity index (χ1) is 28.6. The maximum Gasteiger partial charge on any atom is 0.306 e. The summed E-state index contributed by atoms with van der Waals surface area (Å²) in [4.78, 5) is 36.9. The monoisotopic (exact) mass is 826 g/mol. The van der Waals surface area contributed by atoms with Crippen molar-refractivity contribution in [3.63, 3.8) is 0 Å². The average molecular weight is 826 g/mol. The van der Waals surface area contributed by atoms with Crippen LogP contribution in [0, 0.1) is 0 Å². The van der Waals surface area contributed by atoms with Crippen LogP contribution < -0.4 is 5.11 Å². The van der Waals surface area contributed by atoms with E-state index >= 15 is 0 Å². The van der Waals surface area contributed by atoms with Crippen LogP contribution in [0.3, 0.4) is 0 Å². The second-order valence-corrected chi connectivity index (χ2v) is 16.6. The van der Waals surface area contributed by atoms with Crippen LogP contribution in [0.2, 0.25) is 0 Å². The Balaban J connectivity index is 4.38. The normalized spacial score (nSPS) is 13.6. The van der Waals surface area contributed by atoms with E-state index in [2.05, 4.69) is 86.8 Å². The zero-order chi connectivity index (χ0) is 43.5. The lowest BCUT2D eigenvalue weighted by molar-refractivity contribution is -0.889. The third kappa shape index (κ3) is 40.0. The number of allylic oxidation sites excluding steroid dienone is 12. The minimum Gasteiger partial charge on any atom is -0.544 e. The molecule has 0 aromatic carbocycles. The Morgan fingerprint density at radius 2 is 0.949 bits per heavy atom. The molecule has 2 atom stereocenters. The maximum atomic E-state index is 12.7. The third-order valence-electron chi connectivity index (χ3n) is 10.1. The van der Waals surface area contributed by atoms with Gasteiger partial charge in [-0.15, -0.1) is 0 Å². The van der Waals surface area contributed by atoms with Crippen LogP contribution in [0.4, 0.5) is 0 Å². The minimum absolute atomic E-state index is 0.0252. The lowest BCUT2D eigenvalue weighted by Gasteiger charge is -2.34. The Labute approximate surface area is 361 Å². The molecule has 0 fully saturated rings. The number of rotatable bonds is 41. The minimum atomic E-state index is -1.13. The van der Waals surface area contributed by atoms with Crippen molar-refractivity contribution in [2.24, 2.45) is 0 Å². The summed E-state index contributed by atoms with van der Waals surface area (Å²) in [5.41, 5.74) is 0. The smallest absolute Gasteiger partial charge is 0.306 e.